The Bertz CT molecular complexity index is 705. The van der Waals surface area contributed by atoms with Crippen molar-refractivity contribution >= 4 is 11.8 Å². The highest BCUT2D eigenvalue weighted by molar-refractivity contribution is 5.96. The van der Waals surface area contributed by atoms with Gasteiger partial charge < -0.3 is 10.2 Å². The van der Waals surface area contributed by atoms with Crippen LogP contribution in [0.2, 0.25) is 0 Å². The molecule has 1 aromatic carbocycles. The molecule has 1 N–H and O–H groups in total. The molecule has 0 aliphatic carbocycles. The van der Waals surface area contributed by atoms with E-state index in [0.29, 0.717) is 18.8 Å². The molecule has 0 aliphatic rings. The zero-order chi connectivity index (χ0) is 18.4. The van der Waals surface area contributed by atoms with Gasteiger partial charge in [0.1, 0.15) is 11.7 Å². The fraction of sp³-hybridized carbons (Fsp3) is 0.421. The normalized spacial score (nSPS) is 12.0. The molecule has 1 unspecified atom stereocenters. The second-order valence-corrected chi connectivity index (χ2v) is 6.10. The molecule has 0 fully saturated rings. The van der Waals surface area contributed by atoms with Gasteiger partial charge in [-0.25, -0.2) is 0 Å². The smallest absolute Gasteiger partial charge is 0.272 e. The molecule has 2 aromatic rings. The first-order chi connectivity index (χ1) is 12.0. The Hall–Kier alpha value is -2.63. The maximum Gasteiger partial charge on any atom is 0.272 e. The predicted molar refractivity (Wildman–Crippen MR) is 97.2 cm³/mol. The van der Waals surface area contributed by atoms with Crippen molar-refractivity contribution in [3.63, 3.8) is 0 Å². The molecule has 0 aliphatic heterocycles. The summed E-state index contributed by atoms with van der Waals surface area (Å²) in [6.45, 7) is 9.02. The van der Waals surface area contributed by atoms with Gasteiger partial charge in [-0.05, 0) is 39.3 Å². The summed E-state index contributed by atoms with van der Waals surface area (Å²) < 4.78 is 1.72. The average molecular weight is 342 g/mol. The molecule has 2 amide bonds. The molecule has 0 bridgehead atoms. The summed E-state index contributed by atoms with van der Waals surface area (Å²) in [5.74, 6) is -0.471. The lowest BCUT2D eigenvalue weighted by molar-refractivity contribution is -0.133. The van der Waals surface area contributed by atoms with Gasteiger partial charge in [0, 0.05) is 25.3 Å². The van der Waals surface area contributed by atoms with E-state index in [1.165, 1.54) is 0 Å². The first kappa shape index (κ1) is 18.7. The fourth-order valence-corrected chi connectivity index (χ4v) is 2.60. The number of amides is 2. The molecule has 2 rings (SSSR count). The summed E-state index contributed by atoms with van der Waals surface area (Å²) in [6, 6.07) is 10.4. The number of rotatable bonds is 7. The molecule has 1 aromatic heterocycles. The minimum absolute atomic E-state index is 0.118. The van der Waals surface area contributed by atoms with Gasteiger partial charge in [0.15, 0.2) is 0 Å². The van der Waals surface area contributed by atoms with Crippen LogP contribution in [0, 0.1) is 0 Å². The monoisotopic (exact) mass is 342 g/mol. The van der Waals surface area contributed by atoms with Crippen molar-refractivity contribution in [2.24, 2.45) is 0 Å². The highest BCUT2D eigenvalue weighted by atomic mass is 16.2. The number of carbonyl (C=O) groups excluding carboxylic acids is 2. The van der Waals surface area contributed by atoms with Crippen LogP contribution in [0.5, 0.6) is 0 Å². The van der Waals surface area contributed by atoms with E-state index in [1.807, 2.05) is 58.0 Å². The molecule has 25 heavy (non-hydrogen) atoms. The molecular formula is C19H26N4O2. The quantitative estimate of drug-likeness (QED) is 0.841. The van der Waals surface area contributed by atoms with Gasteiger partial charge >= 0.3 is 0 Å². The molecule has 0 saturated carbocycles. The van der Waals surface area contributed by atoms with E-state index in [4.69, 9.17) is 0 Å². The number of likely N-dealkylation sites (N-methyl/N-ethyl adjacent to an activating group) is 1. The number of aromatic nitrogens is 2. The van der Waals surface area contributed by atoms with Crippen LogP contribution in [0.25, 0.3) is 0 Å². The minimum Gasteiger partial charge on any atom is -0.341 e. The Balaban J connectivity index is 2.26. The maximum absolute atomic E-state index is 12.9. The third-order valence-electron chi connectivity index (χ3n) is 4.10. The van der Waals surface area contributed by atoms with Gasteiger partial charge in [-0.2, -0.15) is 5.10 Å². The van der Waals surface area contributed by atoms with E-state index in [0.717, 1.165) is 5.56 Å². The van der Waals surface area contributed by atoms with Crippen molar-refractivity contribution in [1.29, 1.82) is 0 Å². The number of hydrogen-bond donors (Lipinski definition) is 1. The van der Waals surface area contributed by atoms with E-state index >= 15 is 0 Å². The summed E-state index contributed by atoms with van der Waals surface area (Å²) in [5, 5.41) is 7.13. The second kappa shape index (κ2) is 8.46. The lowest BCUT2D eigenvalue weighted by Gasteiger charge is -2.26. The Morgan fingerprint density at radius 1 is 1.12 bits per heavy atom. The molecule has 0 radical (unpaired) electrons. The number of benzene rings is 1. The Morgan fingerprint density at radius 2 is 1.76 bits per heavy atom. The lowest BCUT2D eigenvalue weighted by atomic mass is 10.1. The first-order valence-corrected chi connectivity index (χ1v) is 8.67. The van der Waals surface area contributed by atoms with Crippen LogP contribution >= 0.6 is 0 Å². The Morgan fingerprint density at radius 3 is 2.28 bits per heavy atom. The topological polar surface area (TPSA) is 67.2 Å². The van der Waals surface area contributed by atoms with Crippen LogP contribution in [0.3, 0.4) is 0 Å². The number of nitrogens with one attached hydrogen (secondary N) is 1. The largest absolute Gasteiger partial charge is 0.341 e. The third kappa shape index (κ3) is 4.47. The van der Waals surface area contributed by atoms with Crippen molar-refractivity contribution in [2.45, 2.75) is 39.8 Å². The number of hydrogen-bond acceptors (Lipinski definition) is 3. The highest BCUT2D eigenvalue weighted by Gasteiger charge is 2.27. The van der Waals surface area contributed by atoms with Crippen LogP contribution in [-0.4, -0.2) is 39.6 Å². The SMILES string of the molecule is CCN(CC)C(=O)C(NC(=O)c1ccn(C(C)C)n1)c1ccccc1. The van der Waals surface area contributed by atoms with Gasteiger partial charge in [-0.3, -0.25) is 14.3 Å². The van der Waals surface area contributed by atoms with Gasteiger partial charge in [0.25, 0.3) is 5.91 Å². The summed E-state index contributed by atoms with van der Waals surface area (Å²) in [7, 11) is 0. The van der Waals surface area contributed by atoms with Crippen LogP contribution in [0.1, 0.15) is 55.8 Å². The zero-order valence-electron chi connectivity index (χ0n) is 15.3. The summed E-state index contributed by atoms with van der Waals surface area (Å²) in [6.07, 6.45) is 1.77. The maximum atomic E-state index is 12.9. The van der Waals surface area contributed by atoms with Gasteiger partial charge in [0.05, 0.1) is 0 Å². The molecule has 0 saturated heterocycles. The van der Waals surface area contributed by atoms with E-state index in [9.17, 15) is 9.59 Å². The molecule has 1 heterocycles. The standard InChI is InChI=1S/C19H26N4O2/c1-5-22(6-2)19(25)17(15-10-8-7-9-11-15)20-18(24)16-12-13-23(21-16)14(3)4/h7-14,17H,5-6H2,1-4H3,(H,20,24). The fourth-order valence-electron chi connectivity index (χ4n) is 2.60. The molecular weight excluding hydrogens is 316 g/mol. The van der Waals surface area contributed by atoms with Crippen molar-refractivity contribution < 1.29 is 9.59 Å². The van der Waals surface area contributed by atoms with Crippen LogP contribution in [0.15, 0.2) is 42.6 Å². The second-order valence-electron chi connectivity index (χ2n) is 6.10. The number of nitrogens with zero attached hydrogens (tertiary/aromatic N) is 3. The van der Waals surface area contributed by atoms with Crippen molar-refractivity contribution in [1.82, 2.24) is 20.0 Å². The van der Waals surface area contributed by atoms with Gasteiger partial charge in [-0.1, -0.05) is 30.3 Å². The van der Waals surface area contributed by atoms with E-state index in [2.05, 4.69) is 10.4 Å². The zero-order valence-corrected chi connectivity index (χ0v) is 15.3. The van der Waals surface area contributed by atoms with Gasteiger partial charge in [-0.15, -0.1) is 0 Å². The molecule has 6 heteroatoms. The minimum atomic E-state index is -0.724. The number of carbonyl (C=O) groups is 2. The summed E-state index contributed by atoms with van der Waals surface area (Å²) >= 11 is 0. The van der Waals surface area contributed by atoms with E-state index in [1.54, 1.807) is 21.8 Å². The third-order valence-corrected chi connectivity index (χ3v) is 4.10. The first-order valence-electron chi connectivity index (χ1n) is 8.67. The summed E-state index contributed by atoms with van der Waals surface area (Å²) in [4.78, 5) is 27.2. The Kier molecular flexibility index (Phi) is 6.33. The van der Waals surface area contributed by atoms with Crippen LogP contribution < -0.4 is 5.32 Å². The van der Waals surface area contributed by atoms with E-state index in [-0.39, 0.29) is 17.9 Å². The van der Waals surface area contributed by atoms with E-state index < -0.39 is 6.04 Å². The Labute approximate surface area is 148 Å². The molecule has 6 nitrogen and oxygen atoms in total. The predicted octanol–water partition coefficient (Wildman–Crippen LogP) is 2.80. The molecule has 1 atom stereocenters. The average Bonchev–Trinajstić information content (AvgIpc) is 3.11. The van der Waals surface area contributed by atoms with Crippen molar-refractivity contribution in [3.05, 3.63) is 53.9 Å². The van der Waals surface area contributed by atoms with Crippen molar-refractivity contribution in [3.8, 4) is 0 Å². The van der Waals surface area contributed by atoms with Gasteiger partial charge in [0.2, 0.25) is 5.91 Å². The van der Waals surface area contributed by atoms with Crippen molar-refractivity contribution in [2.75, 3.05) is 13.1 Å². The summed E-state index contributed by atoms with van der Waals surface area (Å²) in [5.41, 5.74) is 1.07. The highest BCUT2D eigenvalue weighted by Crippen LogP contribution is 2.17. The molecule has 134 valence electrons. The lowest BCUT2D eigenvalue weighted by Crippen LogP contribution is -2.43. The van der Waals surface area contributed by atoms with Crippen LogP contribution in [0.4, 0.5) is 0 Å². The van der Waals surface area contributed by atoms with Crippen LogP contribution in [-0.2, 0) is 4.79 Å². The molecule has 0 spiro atoms.